The highest BCUT2D eigenvalue weighted by molar-refractivity contribution is 7.88. The molecule has 2 aromatic carbocycles. The predicted octanol–water partition coefficient (Wildman–Crippen LogP) is 3.38. The fourth-order valence-electron chi connectivity index (χ4n) is 4.42. The zero-order valence-corrected chi connectivity index (χ0v) is 17.8. The topological polar surface area (TPSA) is 69.7 Å². The zero-order valence-electron chi connectivity index (χ0n) is 17.0. The number of urea groups is 1. The van der Waals surface area contributed by atoms with Crippen molar-refractivity contribution in [3.8, 4) is 0 Å². The van der Waals surface area contributed by atoms with Gasteiger partial charge in [0.25, 0.3) is 0 Å². The summed E-state index contributed by atoms with van der Waals surface area (Å²) in [6.07, 6.45) is 4.21. The fraction of sp³-hybridized carbons (Fsp3) is 0.409. The second-order valence-electron chi connectivity index (χ2n) is 8.04. The van der Waals surface area contributed by atoms with E-state index in [9.17, 15) is 17.6 Å². The maximum absolute atomic E-state index is 13.5. The second-order valence-corrected chi connectivity index (χ2v) is 10.0. The zero-order chi connectivity index (χ0) is 21.3. The lowest BCUT2D eigenvalue weighted by atomic mass is 9.99. The molecule has 2 aliphatic rings. The van der Waals surface area contributed by atoms with Crippen molar-refractivity contribution < 1.29 is 17.6 Å². The van der Waals surface area contributed by atoms with E-state index < -0.39 is 10.0 Å². The van der Waals surface area contributed by atoms with Crippen molar-refractivity contribution in [3.63, 3.8) is 0 Å². The highest BCUT2D eigenvalue weighted by Gasteiger charge is 2.30. The van der Waals surface area contributed by atoms with Crippen molar-refractivity contribution in [1.29, 1.82) is 0 Å². The number of hydrogen-bond acceptors (Lipinski definition) is 3. The van der Waals surface area contributed by atoms with Gasteiger partial charge in [-0.25, -0.2) is 17.6 Å². The van der Waals surface area contributed by atoms with Crippen LogP contribution in [0.3, 0.4) is 0 Å². The standard InChI is InChI=1S/C22H26FN3O3S/c1-30(28,29)25-12-10-20-17(15-25)6-3-9-21(20)24-22(27)26-11-4-8-19(26)14-16-5-2-7-18(23)13-16/h2-3,5-7,9,13,19H,4,8,10-12,14-15H2,1H3,(H,24,27). The number of anilines is 1. The largest absolute Gasteiger partial charge is 0.322 e. The Morgan fingerprint density at radius 1 is 1.20 bits per heavy atom. The summed E-state index contributed by atoms with van der Waals surface area (Å²) >= 11 is 0. The third-order valence-electron chi connectivity index (χ3n) is 5.94. The number of benzene rings is 2. The molecular weight excluding hydrogens is 405 g/mol. The molecule has 0 saturated carbocycles. The SMILES string of the molecule is CS(=O)(=O)N1CCc2c(cccc2NC(=O)N2CCCC2Cc2cccc(F)c2)C1. The van der Waals surface area contributed by atoms with E-state index in [0.29, 0.717) is 32.5 Å². The molecule has 2 heterocycles. The van der Waals surface area contributed by atoms with Gasteiger partial charge in [0, 0.05) is 31.4 Å². The Labute approximate surface area is 176 Å². The monoisotopic (exact) mass is 431 g/mol. The van der Waals surface area contributed by atoms with Gasteiger partial charge >= 0.3 is 6.03 Å². The summed E-state index contributed by atoms with van der Waals surface area (Å²) < 4.78 is 38.7. The molecule has 0 aliphatic carbocycles. The summed E-state index contributed by atoms with van der Waals surface area (Å²) in [5.41, 5.74) is 3.54. The van der Waals surface area contributed by atoms with Crippen LogP contribution in [0.25, 0.3) is 0 Å². The van der Waals surface area contributed by atoms with E-state index in [-0.39, 0.29) is 17.9 Å². The van der Waals surface area contributed by atoms with Crippen molar-refractivity contribution in [2.24, 2.45) is 0 Å². The Hall–Kier alpha value is -2.45. The number of carbonyl (C=O) groups is 1. The summed E-state index contributed by atoms with van der Waals surface area (Å²) in [5.74, 6) is -0.263. The summed E-state index contributed by atoms with van der Waals surface area (Å²) in [6.45, 7) is 1.40. The quantitative estimate of drug-likeness (QED) is 0.807. The minimum atomic E-state index is -3.25. The Morgan fingerprint density at radius 2 is 2.00 bits per heavy atom. The van der Waals surface area contributed by atoms with Crippen molar-refractivity contribution in [2.45, 2.75) is 38.3 Å². The van der Waals surface area contributed by atoms with E-state index in [1.54, 1.807) is 6.07 Å². The van der Waals surface area contributed by atoms with Gasteiger partial charge in [-0.05, 0) is 60.6 Å². The van der Waals surface area contributed by atoms with E-state index >= 15 is 0 Å². The van der Waals surface area contributed by atoms with E-state index in [4.69, 9.17) is 0 Å². The normalized spacial score (nSPS) is 19.5. The number of likely N-dealkylation sites (tertiary alicyclic amines) is 1. The van der Waals surface area contributed by atoms with Crippen LogP contribution in [0.4, 0.5) is 14.9 Å². The van der Waals surface area contributed by atoms with Crippen LogP contribution in [-0.4, -0.2) is 49.0 Å². The lowest BCUT2D eigenvalue weighted by Gasteiger charge is -2.29. The molecule has 2 aliphatic heterocycles. The highest BCUT2D eigenvalue weighted by Crippen LogP contribution is 2.29. The first-order valence-electron chi connectivity index (χ1n) is 10.2. The summed E-state index contributed by atoms with van der Waals surface area (Å²) in [7, 11) is -3.25. The Balaban J connectivity index is 1.48. The first-order valence-corrected chi connectivity index (χ1v) is 12.0. The number of halogens is 1. The van der Waals surface area contributed by atoms with Gasteiger partial charge in [0.15, 0.2) is 0 Å². The second kappa shape index (κ2) is 8.35. The van der Waals surface area contributed by atoms with Gasteiger partial charge in [-0.2, -0.15) is 4.31 Å². The number of sulfonamides is 1. The van der Waals surface area contributed by atoms with Crippen molar-refractivity contribution in [3.05, 3.63) is 65.0 Å². The summed E-state index contributed by atoms with van der Waals surface area (Å²) in [6, 6.07) is 12.0. The molecule has 4 rings (SSSR count). The predicted molar refractivity (Wildman–Crippen MR) is 114 cm³/mol. The van der Waals surface area contributed by atoms with Gasteiger partial charge in [-0.15, -0.1) is 0 Å². The van der Waals surface area contributed by atoms with Crippen LogP contribution in [0, 0.1) is 5.82 Å². The summed E-state index contributed by atoms with van der Waals surface area (Å²) in [4.78, 5) is 14.9. The van der Waals surface area contributed by atoms with E-state index in [1.807, 2.05) is 29.2 Å². The Morgan fingerprint density at radius 3 is 2.77 bits per heavy atom. The molecule has 6 nitrogen and oxygen atoms in total. The molecule has 0 bridgehead atoms. The van der Waals surface area contributed by atoms with Crippen LogP contribution >= 0.6 is 0 Å². The molecule has 8 heteroatoms. The van der Waals surface area contributed by atoms with Gasteiger partial charge in [0.2, 0.25) is 10.0 Å². The number of amides is 2. The third-order valence-corrected chi connectivity index (χ3v) is 7.19. The van der Waals surface area contributed by atoms with Crippen LogP contribution in [0.15, 0.2) is 42.5 Å². The molecule has 0 aromatic heterocycles. The molecule has 0 radical (unpaired) electrons. The van der Waals surface area contributed by atoms with Crippen LogP contribution in [-0.2, 0) is 29.4 Å². The maximum atomic E-state index is 13.5. The average Bonchev–Trinajstić information content (AvgIpc) is 3.15. The number of rotatable bonds is 4. The molecule has 1 unspecified atom stereocenters. The highest BCUT2D eigenvalue weighted by atomic mass is 32.2. The Bertz CT molecular complexity index is 1060. The minimum Gasteiger partial charge on any atom is -0.321 e. The van der Waals surface area contributed by atoms with Gasteiger partial charge in [0.05, 0.1) is 6.26 Å². The van der Waals surface area contributed by atoms with Crippen molar-refractivity contribution in [1.82, 2.24) is 9.21 Å². The molecule has 2 aromatic rings. The third kappa shape index (κ3) is 4.49. The molecule has 1 fully saturated rings. The van der Waals surface area contributed by atoms with E-state index in [0.717, 1.165) is 35.2 Å². The van der Waals surface area contributed by atoms with Crippen molar-refractivity contribution >= 4 is 21.7 Å². The number of nitrogens with zero attached hydrogens (tertiary/aromatic N) is 2. The number of carbonyl (C=O) groups excluding carboxylic acids is 1. The number of hydrogen-bond donors (Lipinski definition) is 1. The van der Waals surface area contributed by atoms with Gasteiger partial charge < -0.3 is 10.2 Å². The lowest BCUT2D eigenvalue weighted by molar-refractivity contribution is 0.206. The van der Waals surface area contributed by atoms with E-state index in [2.05, 4.69) is 5.32 Å². The average molecular weight is 432 g/mol. The molecular formula is C22H26FN3O3S. The first-order chi connectivity index (χ1) is 14.3. The molecule has 1 atom stereocenters. The van der Waals surface area contributed by atoms with Gasteiger partial charge in [-0.3, -0.25) is 0 Å². The molecule has 1 saturated heterocycles. The van der Waals surface area contributed by atoms with Crippen molar-refractivity contribution in [2.75, 3.05) is 24.7 Å². The lowest BCUT2D eigenvalue weighted by Crippen LogP contribution is -2.40. The Kier molecular flexibility index (Phi) is 5.79. The molecule has 2 amide bonds. The maximum Gasteiger partial charge on any atom is 0.322 e. The minimum absolute atomic E-state index is 0.0343. The van der Waals surface area contributed by atoms with Crippen LogP contribution < -0.4 is 5.32 Å². The molecule has 1 N–H and O–H groups in total. The summed E-state index contributed by atoms with van der Waals surface area (Å²) in [5, 5.41) is 3.04. The smallest absolute Gasteiger partial charge is 0.321 e. The first kappa shape index (κ1) is 20.8. The molecule has 30 heavy (non-hydrogen) atoms. The molecule has 0 spiro atoms. The van der Waals surface area contributed by atoms with Gasteiger partial charge in [-0.1, -0.05) is 24.3 Å². The van der Waals surface area contributed by atoms with Crippen LogP contribution in [0.1, 0.15) is 29.5 Å². The number of fused-ring (bicyclic) bond motifs is 1. The van der Waals surface area contributed by atoms with E-state index in [1.165, 1.54) is 22.7 Å². The fourth-order valence-corrected chi connectivity index (χ4v) is 5.22. The number of nitrogens with one attached hydrogen (secondary N) is 1. The molecule has 160 valence electrons. The van der Waals surface area contributed by atoms with Crippen LogP contribution in [0.5, 0.6) is 0 Å². The van der Waals surface area contributed by atoms with Crippen LogP contribution in [0.2, 0.25) is 0 Å². The van der Waals surface area contributed by atoms with Gasteiger partial charge in [0.1, 0.15) is 5.82 Å².